The van der Waals surface area contributed by atoms with Crippen molar-refractivity contribution >= 4 is 39.4 Å². The molecule has 2 saturated carbocycles. The number of carbonyl (C=O) groups excluding carboxylic acids is 5. The van der Waals surface area contributed by atoms with E-state index in [4.69, 9.17) is 0 Å². The first-order valence-electron chi connectivity index (χ1n) is 17.8. The Morgan fingerprint density at radius 1 is 1.02 bits per heavy atom. The fourth-order valence-electron chi connectivity index (χ4n) is 7.63. The van der Waals surface area contributed by atoms with Crippen LogP contribution in [-0.4, -0.2) is 85.4 Å². The predicted octanol–water partition coefficient (Wildman–Crippen LogP) is 3.27. The van der Waals surface area contributed by atoms with Gasteiger partial charge >= 0.3 is 6.03 Å². The molecule has 0 aromatic heterocycles. The fourth-order valence-corrected chi connectivity index (χ4v) is 8.89. The third kappa shape index (κ3) is 9.95. The van der Waals surface area contributed by atoms with E-state index in [0.717, 1.165) is 32.1 Å². The lowest BCUT2D eigenvalue weighted by molar-refractivity contribution is -0.144. The van der Waals surface area contributed by atoms with Gasteiger partial charge in [0.2, 0.25) is 17.6 Å². The van der Waals surface area contributed by atoms with Crippen molar-refractivity contribution in [1.82, 2.24) is 26.2 Å². The van der Waals surface area contributed by atoms with Gasteiger partial charge in [0, 0.05) is 18.6 Å². The molecule has 50 heavy (non-hydrogen) atoms. The highest BCUT2D eigenvalue weighted by Gasteiger charge is 2.69. The van der Waals surface area contributed by atoms with E-state index in [9.17, 15) is 32.4 Å². The molecule has 276 valence electrons. The number of carbonyl (C=O) groups is 5. The zero-order chi connectivity index (χ0) is 36.9. The maximum absolute atomic E-state index is 14.4. The Balaban J connectivity index is 1.46. The first-order chi connectivity index (χ1) is 23.4. The second kappa shape index (κ2) is 16.1. The summed E-state index contributed by atoms with van der Waals surface area (Å²) in [5.41, 5.74) is -0.0993. The number of allylic oxidation sites excluding steroid dienone is 1. The Hall–Kier alpha value is -3.74. The van der Waals surface area contributed by atoms with E-state index in [1.54, 1.807) is 41.3 Å². The summed E-state index contributed by atoms with van der Waals surface area (Å²) in [5, 5.41) is 11.0. The van der Waals surface area contributed by atoms with Crippen molar-refractivity contribution in [3.05, 3.63) is 48.6 Å². The molecule has 0 bridgehead atoms. The van der Waals surface area contributed by atoms with Gasteiger partial charge in [0.15, 0.2) is 9.84 Å². The highest BCUT2D eigenvalue weighted by Crippen LogP contribution is 2.65. The van der Waals surface area contributed by atoms with Crippen molar-refractivity contribution in [2.45, 2.75) is 109 Å². The number of benzene rings is 1. The van der Waals surface area contributed by atoms with Crippen molar-refractivity contribution in [3.8, 4) is 0 Å². The van der Waals surface area contributed by atoms with Gasteiger partial charge in [-0.05, 0) is 75.2 Å². The van der Waals surface area contributed by atoms with Gasteiger partial charge in [-0.15, -0.1) is 6.58 Å². The summed E-state index contributed by atoms with van der Waals surface area (Å²) in [6, 6.07) is 5.34. The number of hydrogen-bond donors (Lipinski definition) is 4. The molecule has 1 heterocycles. The monoisotopic (exact) mass is 713 g/mol. The van der Waals surface area contributed by atoms with Gasteiger partial charge in [0.25, 0.3) is 5.91 Å². The molecule has 5 atom stereocenters. The largest absolute Gasteiger partial charge is 0.348 e. The summed E-state index contributed by atoms with van der Waals surface area (Å²) in [4.78, 5) is 69.4. The number of amides is 5. The highest BCUT2D eigenvalue weighted by atomic mass is 32.2. The molecule has 1 aromatic carbocycles. The first kappa shape index (κ1) is 39.1. The minimum atomic E-state index is -3.56. The number of nitrogens with zero attached hydrogens (tertiary/aromatic N) is 1. The van der Waals surface area contributed by atoms with Gasteiger partial charge in [-0.2, -0.15) is 0 Å². The lowest BCUT2D eigenvalue weighted by atomic mass is 9.83. The Labute approximate surface area is 296 Å². The molecule has 12 nitrogen and oxygen atoms in total. The number of piperidine rings is 1. The summed E-state index contributed by atoms with van der Waals surface area (Å²) < 4.78 is 25.2. The van der Waals surface area contributed by atoms with Crippen LogP contribution in [0.1, 0.15) is 85.1 Å². The predicted molar refractivity (Wildman–Crippen MR) is 191 cm³/mol. The van der Waals surface area contributed by atoms with Crippen LogP contribution in [-0.2, 0) is 34.8 Å². The van der Waals surface area contributed by atoms with Crippen LogP contribution in [0.25, 0.3) is 0 Å². The number of likely N-dealkylation sites (tertiary alicyclic amines) is 1. The van der Waals surface area contributed by atoms with Crippen LogP contribution in [0.4, 0.5) is 4.79 Å². The molecule has 3 aliphatic rings. The summed E-state index contributed by atoms with van der Waals surface area (Å²) >= 11 is 0. The zero-order valence-corrected chi connectivity index (χ0v) is 30.9. The van der Waals surface area contributed by atoms with Crippen molar-refractivity contribution in [2.75, 3.05) is 18.8 Å². The molecule has 4 N–H and O–H groups in total. The Bertz CT molecular complexity index is 1530. The van der Waals surface area contributed by atoms with Crippen LogP contribution < -0.4 is 21.3 Å². The van der Waals surface area contributed by atoms with E-state index in [-0.39, 0.29) is 53.5 Å². The maximum Gasteiger partial charge on any atom is 0.315 e. The van der Waals surface area contributed by atoms with Crippen LogP contribution in [0.3, 0.4) is 0 Å². The Kier molecular flexibility index (Phi) is 12.6. The zero-order valence-electron chi connectivity index (χ0n) is 30.1. The van der Waals surface area contributed by atoms with Crippen LogP contribution in [0.15, 0.2) is 43.0 Å². The molecule has 5 amide bonds. The number of nitrogens with one attached hydrogen (secondary N) is 4. The highest BCUT2D eigenvalue weighted by molar-refractivity contribution is 7.90. The fraction of sp³-hybridized carbons (Fsp3) is 0.649. The summed E-state index contributed by atoms with van der Waals surface area (Å²) in [7, 11) is -3.56. The number of urea groups is 1. The third-order valence-electron chi connectivity index (χ3n) is 10.4. The average Bonchev–Trinajstić information content (AvgIpc) is 3.35. The smallest absolute Gasteiger partial charge is 0.315 e. The number of rotatable bonds is 15. The van der Waals surface area contributed by atoms with E-state index in [1.807, 2.05) is 20.8 Å². The molecule has 1 aromatic rings. The maximum atomic E-state index is 14.4. The molecule has 4 rings (SSSR count). The molecule has 13 heteroatoms. The molecule has 0 spiro atoms. The SMILES string of the molecule is C=CCCC(NC(=O)C1C2C(CN1C(=O)[C@@H](NC(=O)NC(C)(C)C)C1CCCCC1)C2(C)C)C(=O)C(=O)NCCS(=O)(=O)Cc1ccccc1. The van der Waals surface area contributed by atoms with E-state index in [0.29, 0.717) is 18.5 Å². The quantitative estimate of drug-likeness (QED) is 0.160. The normalized spacial score (nSPS) is 22.7. The number of fused-ring (bicyclic) bond motifs is 1. The Morgan fingerprint density at radius 2 is 1.68 bits per heavy atom. The lowest BCUT2D eigenvalue weighted by Gasteiger charge is -2.37. The van der Waals surface area contributed by atoms with Crippen molar-refractivity contribution < 1.29 is 32.4 Å². The average molecular weight is 714 g/mol. The minimum absolute atomic E-state index is 0.0704. The number of sulfone groups is 1. The second-order valence-corrected chi connectivity index (χ2v) is 17.9. The van der Waals surface area contributed by atoms with Crippen molar-refractivity contribution in [1.29, 1.82) is 0 Å². The molecule has 4 unspecified atom stereocenters. The van der Waals surface area contributed by atoms with Gasteiger partial charge < -0.3 is 26.2 Å². The first-order valence-corrected chi connectivity index (χ1v) is 19.6. The molecule has 3 fully saturated rings. The van der Waals surface area contributed by atoms with Gasteiger partial charge in [0.05, 0.1) is 17.5 Å². The van der Waals surface area contributed by atoms with Gasteiger partial charge in [-0.1, -0.05) is 69.5 Å². The number of hydrogen-bond acceptors (Lipinski definition) is 7. The number of ketones is 1. The standard InChI is InChI=1S/C37H55N5O7S/c1-7-8-19-27(31(43)33(45)38-20-21-50(48,49)23-24-15-11-9-12-16-24)39-32(44)30-28-26(37(28,5)6)22-42(30)34(46)29(25-17-13-10-14-18-25)40-35(47)41-36(2,3)4/h7,9,11-12,15-16,25-30H,1,8,10,13-14,17-23H2,2-6H3,(H,38,45)(H,39,44)(H2,40,41,47)/t26?,27?,28?,29-,30?/m0/s1. The van der Waals surface area contributed by atoms with E-state index >= 15 is 0 Å². The van der Waals surface area contributed by atoms with Gasteiger partial charge in [-0.3, -0.25) is 19.2 Å². The summed E-state index contributed by atoms with van der Waals surface area (Å²) in [5.74, 6) is -3.44. The van der Waals surface area contributed by atoms with Gasteiger partial charge in [-0.25, -0.2) is 13.2 Å². The topological polar surface area (TPSA) is 171 Å². The molecule has 0 radical (unpaired) electrons. The van der Waals surface area contributed by atoms with E-state index in [1.165, 1.54) is 0 Å². The van der Waals surface area contributed by atoms with Crippen LogP contribution in [0.5, 0.6) is 0 Å². The van der Waals surface area contributed by atoms with Crippen molar-refractivity contribution in [2.24, 2.45) is 23.2 Å². The van der Waals surface area contributed by atoms with Crippen LogP contribution in [0.2, 0.25) is 0 Å². The third-order valence-corrected chi connectivity index (χ3v) is 12.0. The molecule has 2 aliphatic carbocycles. The van der Waals surface area contributed by atoms with Crippen LogP contribution in [0, 0.1) is 23.2 Å². The molecule has 1 aliphatic heterocycles. The van der Waals surface area contributed by atoms with Crippen molar-refractivity contribution in [3.63, 3.8) is 0 Å². The lowest BCUT2D eigenvalue weighted by Crippen LogP contribution is -2.61. The summed E-state index contributed by atoms with van der Waals surface area (Å²) in [6.45, 7) is 13.5. The number of Topliss-reactive ketones (excluding diaryl/α,β-unsaturated/α-hetero) is 1. The summed E-state index contributed by atoms with van der Waals surface area (Å²) in [6.07, 6.45) is 6.56. The Morgan fingerprint density at radius 3 is 2.30 bits per heavy atom. The van der Waals surface area contributed by atoms with E-state index in [2.05, 4.69) is 41.7 Å². The minimum Gasteiger partial charge on any atom is -0.348 e. The van der Waals surface area contributed by atoms with Crippen LogP contribution >= 0.6 is 0 Å². The van der Waals surface area contributed by atoms with Gasteiger partial charge in [0.1, 0.15) is 12.1 Å². The molecular weight excluding hydrogens is 659 g/mol. The molecule has 1 saturated heterocycles. The van der Waals surface area contributed by atoms with E-state index < -0.39 is 57.1 Å². The second-order valence-electron chi connectivity index (χ2n) is 15.7. The molecular formula is C37H55N5O7S.